The molecule has 0 saturated carbocycles. The molecule has 8 heteroatoms. The van der Waals surface area contributed by atoms with E-state index in [1.54, 1.807) is 28.7 Å². The minimum Gasteiger partial charge on any atom is -0.383 e. The van der Waals surface area contributed by atoms with Crippen LogP contribution in [-0.2, 0) is 17.8 Å². The van der Waals surface area contributed by atoms with Gasteiger partial charge in [-0.25, -0.2) is 13.9 Å². The molecule has 0 spiro atoms. The number of rotatable bonds is 6. The average molecular weight is 376 g/mol. The molecule has 7 nitrogen and oxygen atoms in total. The molecule has 0 unspecified atom stereocenters. The number of carbonyl (C=O) groups is 1. The highest BCUT2D eigenvalue weighted by molar-refractivity contribution is 5.94. The molecule has 146 valence electrons. The lowest BCUT2D eigenvalue weighted by molar-refractivity contribution is 0.0705. The SMILES string of the molecule is CCn1c(C2CCN(C(=O)c3ccccc3F)CC2)nn(CCOC)c1=O. The molecule has 3 rings (SSSR count). The quantitative estimate of drug-likeness (QED) is 0.772. The number of likely N-dealkylation sites (tertiary alicyclic amines) is 1. The molecule has 0 atom stereocenters. The van der Waals surface area contributed by atoms with Gasteiger partial charge in [-0.2, -0.15) is 5.10 Å². The van der Waals surface area contributed by atoms with Crippen molar-refractivity contribution in [1.29, 1.82) is 0 Å². The van der Waals surface area contributed by atoms with Crippen LogP contribution in [0.2, 0.25) is 0 Å². The molecule has 2 heterocycles. The molecule has 1 aromatic carbocycles. The van der Waals surface area contributed by atoms with Crippen LogP contribution in [0.5, 0.6) is 0 Å². The minimum atomic E-state index is -0.499. The van der Waals surface area contributed by atoms with Gasteiger partial charge in [-0.1, -0.05) is 12.1 Å². The molecule has 0 radical (unpaired) electrons. The van der Waals surface area contributed by atoms with Crippen molar-refractivity contribution < 1.29 is 13.9 Å². The maximum absolute atomic E-state index is 13.9. The van der Waals surface area contributed by atoms with Gasteiger partial charge in [0.1, 0.15) is 11.6 Å². The molecule has 0 aliphatic carbocycles. The zero-order valence-electron chi connectivity index (χ0n) is 15.7. The van der Waals surface area contributed by atoms with Gasteiger partial charge in [0.05, 0.1) is 18.7 Å². The first-order valence-corrected chi connectivity index (χ1v) is 9.27. The first-order valence-electron chi connectivity index (χ1n) is 9.27. The smallest absolute Gasteiger partial charge is 0.345 e. The maximum Gasteiger partial charge on any atom is 0.345 e. The van der Waals surface area contributed by atoms with E-state index in [2.05, 4.69) is 5.10 Å². The molecule has 1 aliphatic rings. The predicted molar refractivity (Wildman–Crippen MR) is 98.3 cm³/mol. The second-order valence-electron chi connectivity index (χ2n) is 6.65. The van der Waals surface area contributed by atoms with Crippen molar-refractivity contribution in [2.75, 3.05) is 26.8 Å². The van der Waals surface area contributed by atoms with E-state index in [0.717, 1.165) is 5.82 Å². The number of hydrogen-bond donors (Lipinski definition) is 0. The van der Waals surface area contributed by atoms with Crippen LogP contribution in [0.3, 0.4) is 0 Å². The van der Waals surface area contributed by atoms with Gasteiger partial charge in [-0.15, -0.1) is 0 Å². The van der Waals surface area contributed by atoms with E-state index >= 15 is 0 Å². The standard InChI is InChI=1S/C19H25FN4O3/c1-3-23-17(21-24(19(23)26)12-13-27-2)14-8-10-22(11-9-14)18(25)15-6-4-5-7-16(15)20/h4-7,14H,3,8-13H2,1-2H3. The van der Waals surface area contributed by atoms with Gasteiger partial charge in [0.25, 0.3) is 5.91 Å². The lowest BCUT2D eigenvalue weighted by atomic mass is 9.95. The van der Waals surface area contributed by atoms with Crippen molar-refractivity contribution in [3.63, 3.8) is 0 Å². The molecule has 1 amide bonds. The predicted octanol–water partition coefficient (Wildman–Crippen LogP) is 1.87. The highest BCUT2D eigenvalue weighted by Gasteiger charge is 2.29. The third-order valence-corrected chi connectivity index (χ3v) is 5.03. The summed E-state index contributed by atoms with van der Waals surface area (Å²) in [4.78, 5) is 26.7. The molecular formula is C19H25FN4O3. The highest BCUT2D eigenvalue weighted by Crippen LogP contribution is 2.27. The third kappa shape index (κ3) is 3.95. The number of carbonyl (C=O) groups excluding carboxylic acids is 1. The molecule has 0 bridgehead atoms. The molecular weight excluding hydrogens is 351 g/mol. The van der Waals surface area contributed by atoms with Crippen molar-refractivity contribution in [1.82, 2.24) is 19.2 Å². The number of halogens is 1. The fourth-order valence-electron chi connectivity index (χ4n) is 3.53. The highest BCUT2D eigenvalue weighted by atomic mass is 19.1. The zero-order valence-corrected chi connectivity index (χ0v) is 15.7. The molecule has 1 fully saturated rings. The fourth-order valence-corrected chi connectivity index (χ4v) is 3.53. The summed E-state index contributed by atoms with van der Waals surface area (Å²) in [6, 6.07) is 6.04. The zero-order chi connectivity index (χ0) is 19.4. The summed E-state index contributed by atoms with van der Waals surface area (Å²) in [5.74, 6) is 0.0779. The summed E-state index contributed by atoms with van der Waals surface area (Å²) in [6.07, 6.45) is 1.39. The van der Waals surface area contributed by atoms with E-state index in [1.165, 1.54) is 16.8 Å². The minimum absolute atomic E-state index is 0.102. The summed E-state index contributed by atoms with van der Waals surface area (Å²) in [7, 11) is 1.59. The average Bonchev–Trinajstić information content (AvgIpc) is 3.01. The van der Waals surface area contributed by atoms with Gasteiger partial charge < -0.3 is 9.64 Å². The van der Waals surface area contributed by atoms with Crippen molar-refractivity contribution in [3.8, 4) is 0 Å². The molecule has 27 heavy (non-hydrogen) atoms. The Bertz CT molecular complexity index is 853. The number of aromatic nitrogens is 3. The number of hydrogen-bond acceptors (Lipinski definition) is 4. The lowest BCUT2D eigenvalue weighted by Gasteiger charge is -2.31. The molecule has 0 N–H and O–H groups in total. The second kappa shape index (κ2) is 8.47. The van der Waals surface area contributed by atoms with Gasteiger partial charge >= 0.3 is 5.69 Å². The molecule has 2 aromatic rings. The number of ether oxygens (including phenoxy) is 1. The van der Waals surface area contributed by atoms with Crippen LogP contribution < -0.4 is 5.69 Å². The number of benzene rings is 1. The first-order chi connectivity index (χ1) is 13.1. The van der Waals surface area contributed by atoms with E-state index in [4.69, 9.17) is 4.74 Å². The maximum atomic E-state index is 13.9. The Morgan fingerprint density at radius 3 is 2.63 bits per heavy atom. The summed E-state index contributed by atoms with van der Waals surface area (Å²) in [5, 5.41) is 4.51. The van der Waals surface area contributed by atoms with Crippen LogP contribution >= 0.6 is 0 Å². The van der Waals surface area contributed by atoms with Gasteiger partial charge in [-0.05, 0) is 31.9 Å². The van der Waals surface area contributed by atoms with Crippen molar-refractivity contribution >= 4 is 5.91 Å². The van der Waals surface area contributed by atoms with Crippen molar-refractivity contribution in [2.45, 2.75) is 38.8 Å². The topological polar surface area (TPSA) is 69.4 Å². The number of methoxy groups -OCH3 is 1. The van der Waals surface area contributed by atoms with Crippen LogP contribution in [0.1, 0.15) is 41.9 Å². The number of nitrogens with zero attached hydrogens (tertiary/aromatic N) is 4. The Kier molecular flexibility index (Phi) is 6.05. The molecule has 1 aromatic heterocycles. The molecule has 1 saturated heterocycles. The Labute approximate surface area is 157 Å². The fraction of sp³-hybridized carbons (Fsp3) is 0.526. The Morgan fingerprint density at radius 2 is 2.00 bits per heavy atom. The van der Waals surface area contributed by atoms with E-state index < -0.39 is 5.82 Å². The van der Waals surface area contributed by atoms with Gasteiger partial charge in [0.2, 0.25) is 0 Å². The lowest BCUT2D eigenvalue weighted by Crippen LogP contribution is -2.39. The van der Waals surface area contributed by atoms with E-state index in [9.17, 15) is 14.0 Å². The van der Waals surface area contributed by atoms with Gasteiger partial charge in [-0.3, -0.25) is 9.36 Å². The Morgan fingerprint density at radius 1 is 1.30 bits per heavy atom. The third-order valence-electron chi connectivity index (χ3n) is 5.03. The van der Waals surface area contributed by atoms with E-state index in [-0.39, 0.29) is 23.1 Å². The summed E-state index contributed by atoms with van der Waals surface area (Å²) in [6.45, 7) is 4.34. The van der Waals surface area contributed by atoms with Gasteiger partial charge in [0, 0.05) is 32.7 Å². The first kappa shape index (κ1) is 19.3. The Hall–Kier alpha value is -2.48. The second-order valence-corrected chi connectivity index (χ2v) is 6.65. The van der Waals surface area contributed by atoms with Crippen LogP contribution in [0.15, 0.2) is 29.1 Å². The molecule has 1 aliphatic heterocycles. The normalized spacial score (nSPS) is 15.3. The van der Waals surface area contributed by atoms with Crippen molar-refractivity contribution in [3.05, 3.63) is 52.0 Å². The summed E-state index contributed by atoms with van der Waals surface area (Å²) in [5.41, 5.74) is -0.0281. The van der Waals surface area contributed by atoms with Crippen molar-refractivity contribution in [2.24, 2.45) is 0 Å². The van der Waals surface area contributed by atoms with Crippen LogP contribution in [0, 0.1) is 5.82 Å². The van der Waals surface area contributed by atoms with Crippen LogP contribution in [-0.4, -0.2) is 52.0 Å². The summed E-state index contributed by atoms with van der Waals surface area (Å²) < 4.78 is 22.0. The Balaban J connectivity index is 1.71. The number of piperidine rings is 1. The number of amides is 1. The van der Waals surface area contributed by atoms with Crippen LogP contribution in [0.25, 0.3) is 0 Å². The largest absolute Gasteiger partial charge is 0.383 e. The van der Waals surface area contributed by atoms with Crippen LogP contribution in [0.4, 0.5) is 4.39 Å². The van der Waals surface area contributed by atoms with Gasteiger partial charge in [0.15, 0.2) is 0 Å². The summed E-state index contributed by atoms with van der Waals surface area (Å²) >= 11 is 0. The van der Waals surface area contributed by atoms with E-state index in [0.29, 0.717) is 45.6 Å². The monoisotopic (exact) mass is 376 g/mol. The van der Waals surface area contributed by atoms with E-state index in [1.807, 2.05) is 6.92 Å².